The molecule has 7 heteroatoms. The second kappa shape index (κ2) is 25.4. The molecule has 0 amide bonds. The predicted octanol–water partition coefficient (Wildman–Crippen LogP) is 6.69. The van der Waals surface area contributed by atoms with E-state index in [9.17, 15) is 4.79 Å². The quantitative estimate of drug-likeness (QED) is 0.232. The number of aryl methyl sites for hydroxylation is 1. The van der Waals surface area contributed by atoms with Gasteiger partial charge in [-0.15, -0.1) is 19.9 Å². The van der Waals surface area contributed by atoms with Gasteiger partial charge < -0.3 is 20.0 Å². The fraction of sp³-hybridized carbons (Fsp3) is 0.615. The predicted molar refractivity (Wildman–Crippen MR) is 137 cm³/mol. The third-order valence-electron chi connectivity index (χ3n) is 4.37. The van der Waals surface area contributed by atoms with Crippen molar-refractivity contribution < 1.29 is 42.3 Å². The van der Waals surface area contributed by atoms with Crippen molar-refractivity contribution in [1.29, 1.82) is 0 Å². The van der Waals surface area contributed by atoms with Crippen molar-refractivity contribution in [3.8, 4) is 18.6 Å². The SMILES string of the molecule is C#C.CC.CCC.COc1ccc2nc(CCCCCC3CC3)c(=O)[nH]c2c1.C[N-]OC.[Y]. The van der Waals surface area contributed by atoms with Gasteiger partial charge >= 0.3 is 0 Å². The zero-order valence-corrected chi connectivity index (χ0v) is 24.7. The molecular formula is C26H44N3O3Y-. The average Bonchev–Trinajstić information content (AvgIpc) is 3.66. The van der Waals surface area contributed by atoms with Crippen LogP contribution < -0.4 is 10.3 Å². The Kier molecular flexibility index (Phi) is 27.9. The number of nitrogens with zero attached hydrogens (tertiary/aromatic N) is 2. The monoisotopic (exact) mass is 535 g/mol. The number of nitrogens with one attached hydrogen (secondary N) is 1. The van der Waals surface area contributed by atoms with E-state index in [-0.39, 0.29) is 38.3 Å². The molecule has 1 fully saturated rings. The molecule has 1 radical (unpaired) electrons. The topological polar surface area (TPSA) is 78.3 Å². The standard InChI is InChI=1S/C17H22N2O2.C3H8.C2H6NO.C2H6.C2H2.Y/c1-21-13-9-10-14-16(11-13)19-17(20)15(18-14)6-4-2-3-5-12-7-8-12;1-3-2;1-3-4-2;2*1-2;/h9-12H,2-8H2,1H3,(H,19,20);3H2,1-2H3;1-2H3;1-2H3;1-2H;/q;;-1;;;. The third kappa shape index (κ3) is 17.8. The normalized spacial score (nSPS) is 10.9. The van der Waals surface area contributed by atoms with Gasteiger partial charge in [-0.05, 0) is 30.9 Å². The number of unbranched alkanes of at least 4 members (excludes halogenated alkanes) is 2. The number of aromatic amines is 1. The number of ether oxygens (including phenoxy) is 1. The first kappa shape index (κ1) is 36.3. The molecule has 1 heterocycles. The Balaban J connectivity index is -0.000000645. The Labute approximate surface area is 226 Å². The number of rotatable bonds is 8. The van der Waals surface area contributed by atoms with Crippen molar-refractivity contribution in [1.82, 2.24) is 9.97 Å². The minimum atomic E-state index is -0.0713. The van der Waals surface area contributed by atoms with Crippen LogP contribution in [0.15, 0.2) is 23.0 Å². The molecule has 1 saturated carbocycles. The van der Waals surface area contributed by atoms with Crippen molar-refractivity contribution in [2.75, 3.05) is 21.3 Å². The van der Waals surface area contributed by atoms with Crippen LogP contribution in [0.3, 0.4) is 0 Å². The summed E-state index contributed by atoms with van der Waals surface area (Å²) in [5, 5.41) is 0. The van der Waals surface area contributed by atoms with Gasteiger partial charge in [0.05, 0.1) is 18.1 Å². The smallest absolute Gasteiger partial charge is 0.270 e. The molecule has 1 aliphatic carbocycles. The van der Waals surface area contributed by atoms with Crippen LogP contribution in [0.25, 0.3) is 16.5 Å². The maximum atomic E-state index is 12.1. The van der Waals surface area contributed by atoms with Crippen LogP contribution in [-0.2, 0) is 44.0 Å². The fourth-order valence-corrected chi connectivity index (χ4v) is 2.71. The van der Waals surface area contributed by atoms with Gasteiger partial charge in [-0.25, -0.2) is 4.98 Å². The molecule has 1 aromatic heterocycles. The van der Waals surface area contributed by atoms with Crippen molar-refractivity contribution in [2.24, 2.45) is 5.92 Å². The summed E-state index contributed by atoms with van der Waals surface area (Å²) in [6.07, 6.45) is 17.8. The summed E-state index contributed by atoms with van der Waals surface area (Å²) in [6, 6.07) is 5.57. The van der Waals surface area contributed by atoms with Crippen LogP contribution in [-0.4, -0.2) is 31.2 Å². The molecule has 0 bridgehead atoms. The maximum absolute atomic E-state index is 12.1. The van der Waals surface area contributed by atoms with E-state index in [4.69, 9.17) is 4.74 Å². The number of H-pyrrole nitrogens is 1. The van der Waals surface area contributed by atoms with Crippen molar-refractivity contribution >= 4 is 11.0 Å². The Hall–Kier alpha value is -1.26. The number of hydroxylamine groups is 1. The molecule has 1 N–H and O–H groups in total. The summed E-state index contributed by atoms with van der Waals surface area (Å²) in [6.45, 7) is 8.25. The number of aromatic nitrogens is 2. The average molecular weight is 536 g/mol. The third-order valence-corrected chi connectivity index (χ3v) is 4.37. The first-order valence-electron chi connectivity index (χ1n) is 11.6. The second-order valence-electron chi connectivity index (χ2n) is 7.01. The number of terminal acetylenes is 1. The molecule has 2 aromatic rings. The van der Waals surface area contributed by atoms with Gasteiger partial charge in [0.25, 0.3) is 5.56 Å². The number of hydrogen-bond donors (Lipinski definition) is 1. The maximum Gasteiger partial charge on any atom is 0.270 e. The van der Waals surface area contributed by atoms with E-state index in [0.717, 1.165) is 35.5 Å². The van der Waals surface area contributed by atoms with Crippen LogP contribution in [0.5, 0.6) is 5.75 Å². The van der Waals surface area contributed by atoms with E-state index in [1.165, 1.54) is 45.6 Å². The number of hydrogen-bond acceptors (Lipinski definition) is 4. The molecule has 0 unspecified atom stereocenters. The Bertz CT molecular complexity index is 772. The van der Waals surface area contributed by atoms with Crippen LogP contribution >= 0.6 is 0 Å². The summed E-state index contributed by atoms with van der Waals surface area (Å²) in [5.74, 6) is 1.73. The zero-order valence-electron chi connectivity index (χ0n) is 21.8. The van der Waals surface area contributed by atoms with Crippen molar-refractivity contribution in [2.45, 2.75) is 79.1 Å². The van der Waals surface area contributed by atoms with Crippen molar-refractivity contribution in [3.63, 3.8) is 0 Å². The van der Waals surface area contributed by atoms with E-state index in [2.05, 4.69) is 47.0 Å². The van der Waals surface area contributed by atoms with E-state index >= 15 is 0 Å². The van der Waals surface area contributed by atoms with Gasteiger partial charge in [-0.3, -0.25) is 4.79 Å². The van der Waals surface area contributed by atoms with Gasteiger partial charge in [-0.2, -0.15) is 0 Å². The number of benzene rings is 1. The van der Waals surface area contributed by atoms with Crippen LogP contribution in [0.2, 0.25) is 0 Å². The number of fused-ring (bicyclic) bond motifs is 1. The molecule has 3 rings (SSSR count). The Morgan fingerprint density at radius 2 is 1.70 bits per heavy atom. The first-order chi connectivity index (χ1) is 15.6. The van der Waals surface area contributed by atoms with Crippen molar-refractivity contribution in [3.05, 3.63) is 39.7 Å². The van der Waals surface area contributed by atoms with E-state index in [1.807, 2.05) is 32.0 Å². The van der Waals surface area contributed by atoms with Crippen LogP contribution in [0.4, 0.5) is 0 Å². The molecule has 185 valence electrons. The summed E-state index contributed by atoms with van der Waals surface area (Å²) >= 11 is 0. The minimum absolute atomic E-state index is 0. The van der Waals surface area contributed by atoms with E-state index in [1.54, 1.807) is 14.2 Å². The van der Waals surface area contributed by atoms with Gasteiger partial charge in [0.2, 0.25) is 0 Å². The fourth-order valence-electron chi connectivity index (χ4n) is 2.71. The molecular weight excluding hydrogens is 491 g/mol. The van der Waals surface area contributed by atoms with Gasteiger partial charge in [0.15, 0.2) is 0 Å². The molecule has 6 nitrogen and oxygen atoms in total. The van der Waals surface area contributed by atoms with Gasteiger partial charge in [0.1, 0.15) is 11.4 Å². The van der Waals surface area contributed by atoms with Crippen LogP contribution in [0.1, 0.15) is 78.3 Å². The summed E-state index contributed by atoms with van der Waals surface area (Å²) in [7, 11) is 4.71. The molecule has 1 aliphatic rings. The second-order valence-corrected chi connectivity index (χ2v) is 7.01. The molecule has 33 heavy (non-hydrogen) atoms. The summed E-state index contributed by atoms with van der Waals surface area (Å²) in [4.78, 5) is 23.6. The first-order valence-corrected chi connectivity index (χ1v) is 11.6. The summed E-state index contributed by atoms with van der Waals surface area (Å²) in [5.41, 5.74) is 5.37. The summed E-state index contributed by atoms with van der Waals surface area (Å²) < 4.78 is 5.16. The van der Waals surface area contributed by atoms with Gasteiger partial charge in [-0.1, -0.05) is 66.2 Å². The largest absolute Gasteiger partial charge is 0.537 e. The Morgan fingerprint density at radius 1 is 1.12 bits per heavy atom. The number of methoxy groups -OCH3 is 1. The van der Waals surface area contributed by atoms with Crippen LogP contribution in [0, 0.1) is 18.8 Å². The molecule has 0 atom stereocenters. The van der Waals surface area contributed by atoms with Gasteiger partial charge in [0, 0.05) is 45.9 Å². The molecule has 0 aliphatic heterocycles. The van der Waals surface area contributed by atoms with E-state index < -0.39 is 0 Å². The minimum Gasteiger partial charge on any atom is -0.537 e. The zero-order chi connectivity index (χ0) is 24.8. The molecule has 1 aromatic carbocycles. The van der Waals surface area contributed by atoms with E-state index in [0.29, 0.717) is 5.69 Å². The molecule has 0 saturated heterocycles. The molecule has 0 spiro atoms. The Morgan fingerprint density at radius 3 is 2.18 bits per heavy atom.